The molecule has 0 aliphatic heterocycles. The molecule has 94 valence electrons. The van der Waals surface area contributed by atoms with Crippen LogP contribution in [0.2, 0.25) is 0 Å². The summed E-state index contributed by atoms with van der Waals surface area (Å²) >= 11 is 0. The third kappa shape index (κ3) is 2.97. The van der Waals surface area contributed by atoms with Crippen LogP contribution in [0.5, 0.6) is 0 Å². The normalized spacial score (nSPS) is 10.3. The van der Waals surface area contributed by atoms with Gasteiger partial charge in [-0.2, -0.15) is 0 Å². The Hall–Kier alpha value is -2.10. The Morgan fingerprint density at radius 3 is 2.83 bits per heavy atom. The van der Waals surface area contributed by atoms with Gasteiger partial charge in [0.05, 0.1) is 31.2 Å². The van der Waals surface area contributed by atoms with Crippen LogP contribution in [-0.2, 0) is 16.1 Å². The number of benzene rings is 1. The number of esters is 1. The first-order valence-electron chi connectivity index (χ1n) is 6.02. The summed E-state index contributed by atoms with van der Waals surface area (Å²) < 4.78 is 6.88. The van der Waals surface area contributed by atoms with Crippen molar-refractivity contribution in [3.63, 3.8) is 0 Å². The summed E-state index contributed by atoms with van der Waals surface area (Å²) in [6, 6.07) is 9.99. The number of aryl methyl sites for hydroxylation is 1. The molecule has 2 aromatic rings. The van der Waals surface area contributed by atoms with Gasteiger partial charge in [0.15, 0.2) is 0 Å². The van der Waals surface area contributed by atoms with Gasteiger partial charge < -0.3 is 9.30 Å². The third-order valence-corrected chi connectivity index (χ3v) is 2.64. The maximum absolute atomic E-state index is 11.3. The molecule has 4 heteroatoms. The smallest absolute Gasteiger partial charge is 0.307 e. The predicted octanol–water partition coefficient (Wildman–Crippen LogP) is 2.50. The number of ether oxygens (including phenoxy) is 1. The Labute approximate surface area is 106 Å². The lowest BCUT2D eigenvalue weighted by Crippen LogP contribution is -2.09. The van der Waals surface area contributed by atoms with Gasteiger partial charge in [-0.25, -0.2) is 4.98 Å². The average molecular weight is 244 g/mol. The molecule has 0 saturated carbocycles. The summed E-state index contributed by atoms with van der Waals surface area (Å²) in [5.74, 6) is -0.176. The molecule has 0 N–H and O–H groups in total. The molecule has 0 bridgehead atoms. The lowest BCUT2D eigenvalue weighted by molar-refractivity contribution is -0.143. The zero-order valence-corrected chi connectivity index (χ0v) is 10.4. The molecule has 0 aliphatic carbocycles. The van der Waals surface area contributed by atoms with Crippen LogP contribution in [0.3, 0.4) is 0 Å². The quantitative estimate of drug-likeness (QED) is 0.759. The van der Waals surface area contributed by atoms with Gasteiger partial charge in [0.2, 0.25) is 0 Å². The SMILES string of the molecule is CCOC(=O)CCn1cncc1-c1ccccc1. The molecule has 0 atom stereocenters. The lowest BCUT2D eigenvalue weighted by Gasteiger charge is -2.07. The predicted molar refractivity (Wildman–Crippen MR) is 68.9 cm³/mol. The number of hydrogen-bond acceptors (Lipinski definition) is 3. The maximum atomic E-state index is 11.3. The highest BCUT2D eigenvalue weighted by molar-refractivity contribution is 5.69. The molecule has 0 amide bonds. The van der Waals surface area contributed by atoms with E-state index >= 15 is 0 Å². The minimum atomic E-state index is -0.176. The van der Waals surface area contributed by atoms with E-state index in [2.05, 4.69) is 4.98 Å². The zero-order chi connectivity index (χ0) is 12.8. The van der Waals surface area contributed by atoms with Crippen molar-refractivity contribution in [3.8, 4) is 11.3 Å². The molecular weight excluding hydrogens is 228 g/mol. The van der Waals surface area contributed by atoms with Gasteiger partial charge >= 0.3 is 5.97 Å². The molecular formula is C14H16N2O2. The topological polar surface area (TPSA) is 44.1 Å². The van der Waals surface area contributed by atoms with Crippen LogP contribution in [0.1, 0.15) is 13.3 Å². The van der Waals surface area contributed by atoms with Gasteiger partial charge in [-0.3, -0.25) is 4.79 Å². The standard InChI is InChI=1S/C14H16N2O2/c1-2-18-14(17)8-9-16-11-15-10-13(16)12-6-4-3-5-7-12/h3-7,10-11H,2,8-9H2,1H3. The van der Waals surface area contributed by atoms with Crippen LogP contribution in [0.4, 0.5) is 0 Å². The first kappa shape index (κ1) is 12.4. The summed E-state index contributed by atoms with van der Waals surface area (Å²) in [6.45, 7) is 2.82. The summed E-state index contributed by atoms with van der Waals surface area (Å²) in [5, 5.41) is 0. The Morgan fingerprint density at radius 2 is 2.11 bits per heavy atom. The monoisotopic (exact) mass is 244 g/mol. The number of carbonyl (C=O) groups is 1. The van der Waals surface area contributed by atoms with Crippen LogP contribution < -0.4 is 0 Å². The second-order valence-electron chi connectivity index (χ2n) is 3.89. The Bertz CT molecular complexity index is 506. The molecule has 0 saturated heterocycles. The van der Waals surface area contributed by atoms with Crippen molar-refractivity contribution < 1.29 is 9.53 Å². The highest BCUT2D eigenvalue weighted by atomic mass is 16.5. The number of carbonyl (C=O) groups excluding carboxylic acids is 1. The second kappa shape index (κ2) is 6.00. The van der Waals surface area contributed by atoms with E-state index in [0.717, 1.165) is 11.3 Å². The fourth-order valence-corrected chi connectivity index (χ4v) is 1.79. The van der Waals surface area contributed by atoms with Gasteiger partial charge in [0.1, 0.15) is 0 Å². The van der Waals surface area contributed by atoms with E-state index in [1.807, 2.05) is 41.8 Å². The van der Waals surface area contributed by atoms with Crippen molar-refractivity contribution >= 4 is 5.97 Å². The van der Waals surface area contributed by atoms with E-state index in [9.17, 15) is 4.79 Å². The minimum absolute atomic E-state index is 0.176. The zero-order valence-electron chi connectivity index (χ0n) is 10.4. The highest BCUT2D eigenvalue weighted by Gasteiger charge is 2.07. The molecule has 4 nitrogen and oxygen atoms in total. The van der Waals surface area contributed by atoms with Crippen LogP contribution in [-0.4, -0.2) is 22.1 Å². The molecule has 0 unspecified atom stereocenters. The van der Waals surface area contributed by atoms with Crippen molar-refractivity contribution in [1.29, 1.82) is 0 Å². The molecule has 18 heavy (non-hydrogen) atoms. The van der Waals surface area contributed by atoms with E-state index in [-0.39, 0.29) is 5.97 Å². The van der Waals surface area contributed by atoms with E-state index < -0.39 is 0 Å². The van der Waals surface area contributed by atoms with Crippen molar-refractivity contribution in [2.45, 2.75) is 19.9 Å². The van der Waals surface area contributed by atoms with Crippen molar-refractivity contribution in [2.75, 3.05) is 6.61 Å². The molecule has 1 aromatic carbocycles. The van der Waals surface area contributed by atoms with Crippen LogP contribution in [0, 0.1) is 0 Å². The van der Waals surface area contributed by atoms with E-state index in [1.54, 1.807) is 12.5 Å². The fraction of sp³-hybridized carbons (Fsp3) is 0.286. The van der Waals surface area contributed by atoms with Crippen LogP contribution in [0.25, 0.3) is 11.3 Å². The minimum Gasteiger partial charge on any atom is -0.466 e. The molecule has 0 spiro atoms. The van der Waals surface area contributed by atoms with Crippen LogP contribution >= 0.6 is 0 Å². The Morgan fingerprint density at radius 1 is 1.33 bits per heavy atom. The number of aromatic nitrogens is 2. The highest BCUT2D eigenvalue weighted by Crippen LogP contribution is 2.18. The summed E-state index contributed by atoms with van der Waals surface area (Å²) in [4.78, 5) is 15.5. The van der Waals surface area contributed by atoms with Gasteiger partial charge in [-0.1, -0.05) is 30.3 Å². The van der Waals surface area contributed by atoms with Crippen molar-refractivity contribution in [1.82, 2.24) is 9.55 Å². The molecule has 0 fully saturated rings. The largest absolute Gasteiger partial charge is 0.466 e. The Balaban J connectivity index is 2.07. The van der Waals surface area contributed by atoms with Crippen molar-refractivity contribution in [2.24, 2.45) is 0 Å². The number of imidazole rings is 1. The molecule has 0 radical (unpaired) electrons. The Kier molecular flexibility index (Phi) is 4.12. The van der Waals surface area contributed by atoms with E-state index in [0.29, 0.717) is 19.6 Å². The lowest BCUT2D eigenvalue weighted by atomic mass is 10.2. The van der Waals surface area contributed by atoms with Crippen LogP contribution in [0.15, 0.2) is 42.9 Å². The molecule has 2 rings (SSSR count). The molecule has 1 aromatic heterocycles. The summed E-state index contributed by atoms with van der Waals surface area (Å²) in [6.07, 6.45) is 3.91. The first-order valence-corrected chi connectivity index (χ1v) is 6.02. The summed E-state index contributed by atoms with van der Waals surface area (Å²) in [5.41, 5.74) is 2.11. The number of hydrogen-bond donors (Lipinski definition) is 0. The molecule has 0 aliphatic rings. The van der Waals surface area contributed by atoms with Gasteiger partial charge in [0, 0.05) is 6.54 Å². The van der Waals surface area contributed by atoms with Gasteiger partial charge in [-0.15, -0.1) is 0 Å². The number of nitrogens with zero attached hydrogens (tertiary/aromatic N) is 2. The van der Waals surface area contributed by atoms with Gasteiger partial charge in [0.25, 0.3) is 0 Å². The number of rotatable bonds is 5. The first-order chi connectivity index (χ1) is 8.81. The fourth-order valence-electron chi connectivity index (χ4n) is 1.79. The summed E-state index contributed by atoms with van der Waals surface area (Å²) in [7, 11) is 0. The van der Waals surface area contributed by atoms with Crippen molar-refractivity contribution in [3.05, 3.63) is 42.9 Å². The molecule has 1 heterocycles. The van der Waals surface area contributed by atoms with E-state index in [1.165, 1.54) is 0 Å². The average Bonchev–Trinajstić information content (AvgIpc) is 2.86. The third-order valence-electron chi connectivity index (χ3n) is 2.64. The van der Waals surface area contributed by atoms with E-state index in [4.69, 9.17) is 4.74 Å². The van der Waals surface area contributed by atoms with Gasteiger partial charge in [-0.05, 0) is 12.5 Å². The second-order valence-corrected chi connectivity index (χ2v) is 3.89. The maximum Gasteiger partial charge on any atom is 0.307 e.